The molecule has 0 aliphatic rings. The van der Waals surface area contributed by atoms with Crippen LogP contribution in [0.2, 0.25) is 0 Å². The Morgan fingerprint density at radius 3 is 2.50 bits per heavy atom. The van der Waals surface area contributed by atoms with Crippen molar-refractivity contribution in [3.05, 3.63) is 96.1 Å². The van der Waals surface area contributed by atoms with E-state index in [-0.39, 0.29) is 0 Å². The third kappa shape index (κ3) is 3.23. The van der Waals surface area contributed by atoms with E-state index >= 15 is 0 Å². The van der Waals surface area contributed by atoms with Crippen LogP contribution in [-0.4, -0.2) is 24.6 Å². The van der Waals surface area contributed by atoms with Crippen molar-refractivity contribution >= 4 is 28.3 Å². The average molecular weight is 383 g/mol. The smallest absolute Gasteiger partial charge is 0.197 e. The summed E-state index contributed by atoms with van der Waals surface area (Å²) in [5.74, 6) is 1.67. The fraction of sp³-hybridized carbons (Fsp3) is 0.0909. The van der Waals surface area contributed by atoms with E-state index in [0.717, 1.165) is 45.4 Å². The monoisotopic (exact) mass is 383 g/mol. The number of benzene rings is 2. The summed E-state index contributed by atoms with van der Waals surface area (Å²) in [5.41, 5.74) is 4.01. The Kier molecular flexibility index (Phi) is 4.47. The lowest BCUT2D eigenvalue weighted by Gasteiger charge is -2.09. The highest BCUT2D eigenvalue weighted by molar-refractivity contribution is 7.98. The molecule has 5 rings (SSSR count). The summed E-state index contributed by atoms with van der Waals surface area (Å²) in [6, 6.07) is 24.4. The quantitative estimate of drug-likeness (QED) is 0.417. The molecule has 0 fully saturated rings. The molecule has 0 bridgehead atoms. The van der Waals surface area contributed by atoms with Crippen LogP contribution >= 0.6 is 11.8 Å². The van der Waals surface area contributed by atoms with Crippen molar-refractivity contribution < 1.29 is 0 Å². The Labute approximate surface area is 166 Å². The maximum atomic E-state index is 4.94. The van der Waals surface area contributed by atoms with Crippen LogP contribution in [0.3, 0.4) is 0 Å². The summed E-state index contributed by atoms with van der Waals surface area (Å²) in [4.78, 5) is 9.34. The number of thioether (sulfide) groups is 1. The van der Waals surface area contributed by atoms with E-state index in [0.29, 0.717) is 0 Å². The third-order valence-electron chi connectivity index (χ3n) is 4.57. The molecule has 0 aliphatic carbocycles. The number of pyridine rings is 1. The first-order valence-corrected chi connectivity index (χ1v) is 10.1. The molecule has 0 aliphatic heterocycles. The van der Waals surface area contributed by atoms with Crippen LogP contribution < -0.4 is 0 Å². The SMILES string of the molecule is c1ccc(Cc2nc3ccccc3c3nnc(SCc4ccccn4)n23)cc1. The van der Waals surface area contributed by atoms with Gasteiger partial charge in [0, 0.05) is 23.8 Å². The number of aromatic nitrogens is 5. The van der Waals surface area contributed by atoms with Gasteiger partial charge in [-0.2, -0.15) is 0 Å². The van der Waals surface area contributed by atoms with Crippen LogP contribution in [0.5, 0.6) is 0 Å². The van der Waals surface area contributed by atoms with Gasteiger partial charge in [-0.05, 0) is 29.8 Å². The molecule has 3 heterocycles. The largest absolute Gasteiger partial charge is 0.260 e. The molecule has 0 unspecified atom stereocenters. The van der Waals surface area contributed by atoms with Gasteiger partial charge in [0.15, 0.2) is 10.8 Å². The Hall–Kier alpha value is -3.25. The summed E-state index contributed by atoms with van der Waals surface area (Å²) in [5, 5.41) is 10.8. The second-order valence-electron chi connectivity index (χ2n) is 6.46. The van der Waals surface area contributed by atoms with Crippen LogP contribution in [0.1, 0.15) is 17.1 Å². The molecule has 5 aromatic rings. The molecule has 5 nitrogen and oxygen atoms in total. The third-order valence-corrected chi connectivity index (χ3v) is 5.53. The van der Waals surface area contributed by atoms with Crippen LogP contribution in [-0.2, 0) is 12.2 Å². The van der Waals surface area contributed by atoms with E-state index in [1.54, 1.807) is 11.8 Å². The minimum Gasteiger partial charge on any atom is -0.260 e. The van der Waals surface area contributed by atoms with Crippen molar-refractivity contribution in [2.45, 2.75) is 17.3 Å². The molecule has 0 amide bonds. The van der Waals surface area contributed by atoms with Crippen molar-refractivity contribution in [3.63, 3.8) is 0 Å². The van der Waals surface area contributed by atoms with Crippen LogP contribution in [0, 0.1) is 0 Å². The summed E-state index contributed by atoms with van der Waals surface area (Å²) in [6.45, 7) is 0. The molecule has 136 valence electrons. The molecule has 0 atom stereocenters. The van der Waals surface area contributed by atoms with Gasteiger partial charge in [0.2, 0.25) is 0 Å². The van der Waals surface area contributed by atoms with Gasteiger partial charge in [0.1, 0.15) is 5.82 Å². The topological polar surface area (TPSA) is 56.0 Å². The van der Waals surface area contributed by atoms with Gasteiger partial charge in [-0.25, -0.2) is 4.98 Å². The zero-order valence-corrected chi connectivity index (χ0v) is 15.9. The minimum absolute atomic E-state index is 0.720. The second-order valence-corrected chi connectivity index (χ2v) is 7.40. The number of nitrogens with zero attached hydrogens (tertiary/aromatic N) is 5. The maximum absolute atomic E-state index is 4.94. The lowest BCUT2D eigenvalue weighted by atomic mass is 10.1. The molecule has 3 aromatic heterocycles. The van der Waals surface area contributed by atoms with Crippen molar-refractivity contribution in [1.82, 2.24) is 24.6 Å². The van der Waals surface area contributed by atoms with Gasteiger partial charge in [-0.1, -0.05) is 60.3 Å². The highest BCUT2D eigenvalue weighted by Gasteiger charge is 2.16. The zero-order chi connectivity index (χ0) is 18.8. The molecule has 0 saturated carbocycles. The molecule has 0 saturated heterocycles. The van der Waals surface area contributed by atoms with E-state index in [1.807, 2.05) is 54.7 Å². The second kappa shape index (κ2) is 7.40. The Bertz CT molecular complexity index is 1240. The van der Waals surface area contributed by atoms with Crippen LogP contribution in [0.25, 0.3) is 16.6 Å². The fourth-order valence-corrected chi connectivity index (χ4v) is 4.11. The molecular weight excluding hydrogens is 366 g/mol. The maximum Gasteiger partial charge on any atom is 0.197 e. The Morgan fingerprint density at radius 2 is 1.64 bits per heavy atom. The summed E-state index contributed by atoms with van der Waals surface area (Å²) in [6.07, 6.45) is 2.53. The van der Waals surface area contributed by atoms with Gasteiger partial charge in [0.25, 0.3) is 0 Å². The first-order valence-electron chi connectivity index (χ1n) is 9.08. The molecule has 2 aromatic carbocycles. The molecular formula is C22H17N5S. The number of para-hydroxylation sites is 1. The lowest BCUT2D eigenvalue weighted by molar-refractivity contribution is 0.839. The highest BCUT2D eigenvalue weighted by atomic mass is 32.2. The van der Waals surface area contributed by atoms with E-state index in [9.17, 15) is 0 Å². The van der Waals surface area contributed by atoms with E-state index in [2.05, 4.69) is 43.8 Å². The summed E-state index contributed by atoms with van der Waals surface area (Å²) >= 11 is 1.63. The van der Waals surface area contributed by atoms with Crippen LogP contribution in [0.15, 0.2) is 84.1 Å². The predicted molar refractivity (Wildman–Crippen MR) is 111 cm³/mol. The van der Waals surface area contributed by atoms with Crippen molar-refractivity contribution in [2.24, 2.45) is 0 Å². The highest BCUT2D eigenvalue weighted by Crippen LogP contribution is 2.26. The minimum atomic E-state index is 0.720. The normalized spacial score (nSPS) is 11.3. The fourth-order valence-electron chi connectivity index (χ4n) is 3.24. The van der Waals surface area contributed by atoms with Gasteiger partial charge in [0.05, 0.1) is 11.2 Å². The Morgan fingerprint density at radius 1 is 0.821 bits per heavy atom. The van der Waals surface area contributed by atoms with Crippen molar-refractivity contribution in [1.29, 1.82) is 0 Å². The van der Waals surface area contributed by atoms with E-state index in [4.69, 9.17) is 4.98 Å². The molecule has 6 heteroatoms. The van der Waals surface area contributed by atoms with E-state index in [1.165, 1.54) is 5.56 Å². The number of rotatable bonds is 5. The van der Waals surface area contributed by atoms with Crippen molar-refractivity contribution in [3.8, 4) is 0 Å². The molecule has 0 N–H and O–H groups in total. The van der Waals surface area contributed by atoms with Gasteiger partial charge in [-0.3, -0.25) is 9.38 Å². The standard InChI is InChI=1S/C22H17N5S/c1-2-8-16(9-3-1)14-20-24-19-12-5-4-11-18(19)21-25-26-22(27(20)21)28-15-17-10-6-7-13-23-17/h1-13H,14-15H2. The molecule has 0 spiro atoms. The number of hydrogen-bond donors (Lipinski definition) is 0. The number of fused-ring (bicyclic) bond motifs is 3. The first-order chi connectivity index (χ1) is 13.9. The van der Waals surface area contributed by atoms with Gasteiger partial charge in [-0.15, -0.1) is 10.2 Å². The average Bonchev–Trinajstić information content (AvgIpc) is 3.19. The summed E-state index contributed by atoms with van der Waals surface area (Å²) < 4.78 is 2.09. The first kappa shape index (κ1) is 16.9. The van der Waals surface area contributed by atoms with Gasteiger partial charge < -0.3 is 0 Å². The Balaban J connectivity index is 1.61. The summed E-state index contributed by atoms with van der Waals surface area (Å²) in [7, 11) is 0. The van der Waals surface area contributed by atoms with Gasteiger partial charge >= 0.3 is 0 Å². The predicted octanol–water partition coefficient (Wildman–Crippen LogP) is 4.56. The molecule has 0 radical (unpaired) electrons. The number of hydrogen-bond acceptors (Lipinski definition) is 5. The van der Waals surface area contributed by atoms with Crippen molar-refractivity contribution in [2.75, 3.05) is 0 Å². The zero-order valence-electron chi connectivity index (χ0n) is 15.1. The lowest BCUT2D eigenvalue weighted by Crippen LogP contribution is -2.04. The van der Waals surface area contributed by atoms with E-state index < -0.39 is 0 Å². The molecule has 28 heavy (non-hydrogen) atoms. The van der Waals surface area contributed by atoms with Crippen LogP contribution in [0.4, 0.5) is 0 Å².